The summed E-state index contributed by atoms with van der Waals surface area (Å²) in [6.07, 6.45) is 0.856. The van der Waals surface area contributed by atoms with Gasteiger partial charge in [0.1, 0.15) is 17.2 Å². The van der Waals surface area contributed by atoms with Crippen molar-refractivity contribution in [2.24, 2.45) is 5.41 Å². The van der Waals surface area contributed by atoms with Gasteiger partial charge in [-0.1, -0.05) is 13.8 Å². The molecule has 2 aliphatic heterocycles. The van der Waals surface area contributed by atoms with Gasteiger partial charge in [0, 0.05) is 17.7 Å². The number of fused-ring (bicyclic) bond motifs is 1. The molecule has 1 aromatic rings. The molecule has 0 radical (unpaired) electrons. The summed E-state index contributed by atoms with van der Waals surface area (Å²) >= 11 is 1.88. The Morgan fingerprint density at radius 2 is 2.16 bits per heavy atom. The monoisotopic (exact) mass is 282 g/mol. The molecule has 2 atom stereocenters. The quantitative estimate of drug-likeness (QED) is 0.789. The summed E-state index contributed by atoms with van der Waals surface area (Å²) in [5.74, 6) is 2.32. The Labute approximate surface area is 117 Å². The minimum absolute atomic E-state index is 0.209. The van der Waals surface area contributed by atoms with Gasteiger partial charge in [-0.25, -0.2) is 4.39 Å². The zero-order valence-electron chi connectivity index (χ0n) is 11.3. The highest BCUT2D eigenvalue weighted by atomic mass is 32.2. The average molecular weight is 282 g/mol. The van der Waals surface area contributed by atoms with Crippen LogP contribution in [0, 0.1) is 11.2 Å². The lowest BCUT2D eigenvalue weighted by molar-refractivity contribution is -0.0256. The highest BCUT2D eigenvalue weighted by Gasteiger charge is 2.46. The predicted octanol–water partition coefficient (Wildman–Crippen LogP) is 3.54. The molecule has 0 amide bonds. The van der Waals surface area contributed by atoms with Crippen molar-refractivity contribution in [2.45, 2.75) is 38.4 Å². The first-order valence-electron chi connectivity index (χ1n) is 6.64. The number of halogens is 1. The van der Waals surface area contributed by atoms with Crippen LogP contribution in [0.5, 0.6) is 5.75 Å². The number of hydrogen-bond acceptors (Lipinski definition) is 3. The maximum Gasteiger partial charge on any atom is 0.126 e. The number of thioether (sulfide) groups is 1. The molecular weight excluding hydrogens is 263 g/mol. The SMILES string of the molecule is CC1(C)CSCC2(C[C@H](O)c3cc(F)ccc3O2)C1. The standard InChI is InChI=1S/C15H19FO2S/c1-14(2)7-15(9-19-8-14)6-12(17)11-5-10(16)3-4-13(11)18-15/h3-5,12,17H,6-9H2,1-2H3/t12-,15?/m0/s1. The van der Waals surface area contributed by atoms with E-state index in [4.69, 9.17) is 4.74 Å². The predicted molar refractivity (Wildman–Crippen MR) is 75.1 cm³/mol. The molecule has 2 nitrogen and oxygen atoms in total. The number of ether oxygens (including phenoxy) is 1. The van der Waals surface area contributed by atoms with E-state index in [0.717, 1.165) is 17.9 Å². The Bertz CT molecular complexity index is 503. The molecule has 2 aliphatic rings. The summed E-state index contributed by atoms with van der Waals surface area (Å²) in [4.78, 5) is 0. The number of benzene rings is 1. The van der Waals surface area contributed by atoms with Crippen LogP contribution in [0.4, 0.5) is 4.39 Å². The van der Waals surface area contributed by atoms with E-state index >= 15 is 0 Å². The van der Waals surface area contributed by atoms with Crippen molar-refractivity contribution in [3.05, 3.63) is 29.6 Å². The van der Waals surface area contributed by atoms with Gasteiger partial charge >= 0.3 is 0 Å². The molecule has 1 saturated heterocycles. The maximum absolute atomic E-state index is 13.3. The Kier molecular flexibility index (Phi) is 3.06. The normalized spacial score (nSPS) is 32.7. The molecule has 0 aliphatic carbocycles. The molecule has 3 rings (SSSR count). The minimum atomic E-state index is -0.631. The van der Waals surface area contributed by atoms with E-state index in [1.807, 2.05) is 11.8 Å². The Morgan fingerprint density at radius 1 is 1.37 bits per heavy atom. The highest BCUT2D eigenvalue weighted by Crippen LogP contribution is 2.49. The molecule has 19 heavy (non-hydrogen) atoms. The van der Waals surface area contributed by atoms with Crippen LogP contribution in [0.1, 0.15) is 38.4 Å². The van der Waals surface area contributed by atoms with E-state index in [2.05, 4.69) is 13.8 Å². The molecule has 0 saturated carbocycles. The molecule has 1 spiro atoms. The van der Waals surface area contributed by atoms with Gasteiger partial charge in [0.15, 0.2) is 0 Å². The molecule has 1 unspecified atom stereocenters. The van der Waals surface area contributed by atoms with Crippen molar-refractivity contribution in [2.75, 3.05) is 11.5 Å². The summed E-state index contributed by atoms with van der Waals surface area (Å²) < 4.78 is 19.4. The van der Waals surface area contributed by atoms with E-state index in [-0.39, 0.29) is 16.8 Å². The molecule has 0 bridgehead atoms. The summed E-state index contributed by atoms with van der Waals surface area (Å²) in [5.41, 5.74) is 0.482. The number of aliphatic hydroxyl groups is 1. The maximum atomic E-state index is 13.3. The lowest BCUT2D eigenvalue weighted by Gasteiger charge is -2.48. The first-order chi connectivity index (χ1) is 8.89. The van der Waals surface area contributed by atoms with Gasteiger partial charge in [-0.15, -0.1) is 0 Å². The van der Waals surface area contributed by atoms with Gasteiger partial charge in [-0.2, -0.15) is 11.8 Å². The van der Waals surface area contributed by atoms with E-state index in [0.29, 0.717) is 17.7 Å². The molecule has 1 aromatic carbocycles. The Hall–Kier alpha value is -0.740. The fraction of sp³-hybridized carbons (Fsp3) is 0.600. The van der Waals surface area contributed by atoms with Gasteiger partial charge < -0.3 is 9.84 Å². The third-order valence-electron chi connectivity index (χ3n) is 3.88. The molecule has 1 N–H and O–H groups in total. The van der Waals surface area contributed by atoms with Crippen LogP contribution in [0.15, 0.2) is 18.2 Å². The van der Waals surface area contributed by atoms with E-state index in [1.54, 1.807) is 6.07 Å². The molecule has 2 heterocycles. The third kappa shape index (κ3) is 2.48. The van der Waals surface area contributed by atoms with Gasteiger partial charge in [0.25, 0.3) is 0 Å². The molecule has 1 fully saturated rings. The molecule has 4 heteroatoms. The second kappa shape index (κ2) is 4.38. The first-order valence-corrected chi connectivity index (χ1v) is 7.79. The molecule has 0 aromatic heterocycles. The van der Waals surface area contributed by atoms with E-state index < -0.39 is 6.10 Å². The number of aliphatic hydroxyl groups excluding tert-OH is 1. The zero-order valence-corrected chi connectivity index (χ0v) is 12.1. The van der Waals surface area contributed by atoms with Crippen molar-refractivity contribution in [3.63, 3.8) is 0 Å². The smallest absolute Gasteiger partial charge is 0.126 e. The van der Waals surface area contributed by atoms with Crippen molar-refractivity contribution in [1.82, 2.24) is 0 Å². The van der Waals surface area contributed by atoms with Crippen LogP contribution >= 0.6 is 11.8 Å². The van der Waals surface area contributed by atoms with Gasteiger partial charge in [-0.3, -0.25) is 0 Å². The topological polar surface area (TPSA) is 29.5 Å². The second-order valence-electron chi connectivity index (χ2n) is 6.52. The van der Waals surface area contributed by atoms with E-state index in [1.165, 1.54) is 12.1 Å². The van der Waals surface area contributed by atoms with Crippen molar-refractivity contribution < 1.29 is 14.2 Å². The number of hydrogen-bond donors (Lipinski definition) is 1. The van der Waals surface area contributed by atoms with Crippen LogP contribution in [0.3, 0.4) is 0 Å². The largest absolute Gasteiger partial charge is 0.486 e. The van der Waals surface area contributed by atoms with Crippen LogP contribution in [-0.2, 0) is 0 Å². The fourth-order valence-corrected chi connectivity index (χ4v) is 4.70. The third-order valence-corrected chi connectivity index (χ3v) is 5.60. The lowest BCUT2D eigenvalue weighted by Crippen LogP contribution is -2.50. The Morgan fingerprint density at radius 3 is 2.89 bits per heavy atom. The van der Waals surface area contributed by atoms with Gasteiger partial charge in [0.05, 0.1) is 6.10 Å². The fourth-order valence-electron chi connectivity index (χ4n) is 3.29. The zero-order chi connectivity index (χ0) is 13.7. The van der Waals surface area contributed by atoms with Crippen LogP contribution in [0.25, 0.3) is 0 Å². The van der Waals surface area contributed by atoms with Crippen LogP contribution in [0.2, 0.25) is 0 Å². The Balaban J connectivity index is 1.94. The van der Waals surface area contributed by atoms with E-state index in [9.17, 15) is 9.50 Å². The van der Waals surface area contributed by atoms with Crippen LogP contribution < -0.4 is 4.74 Å². The molecular formula is C15H19FO2S. The van der Waals surface area contributed by atoms with Crippen molar-refractivity contribution >= 4 is 11.8 Å². The highest BCUT2D eigenvalue weighted by molar-refractivity contribution is 7.99. The first kappa shape index (κ1) is 13.3. The molecule has 104 valence electrons. The van der Waals surface area contributed by atoms with Crippen molar-refractivity contribution in [3.8, 4) is 5.75 Å². The second-order valence-corrected chi connectivity index (χ2v) is 7.51. The van der Waals surface area contributed by atoms with Gasteiger partial charge in [-0.05, 0) is 35.8 Å². The number of rotatable bonds is 0. The van der Waals surface area contributed by atoms with Crippen LogP contribution in [-0.4, -0.2) is 22.2 Å². The van der Waals surface area contributed by atoms with Crippen molar-refractivity contribution in [1.29, 1.82) is 0 Å². The summed E-state index contributed by atoms with van der Waals surface area (Å²) in [6.45, 7) is 4.47. The lowest BCUT2D eigenvalue weighted by atomic mass is 9.77. The minimum Gasteiger partial charge on any atom is -0.486 e. The van der Waals surface area contributed by atoms with Gasteiger partial charge in [0.2, 0.25) is 0 Å². The summed E-state index contributed by atoms with van der Waals surface area (Å²) in [7, 11) is 0. The average Bonchev–Trinajstić information content (AvgIpc) is 2.29. The summed E-state index contributed by atoms with van der Waals surface area (Å²) in [6, 6.07) is 4.42. The summed E-state index contributed by atoms with van der Waals surface area (Å²) in [5, 5.41) is 10.3.